The third-order valence-electron chi connectivity index (χ3n) is 3.10. The first kappa shape index (κ1) is 16.6. The summed E-state index contributed by atoms with van der Waals surface area (Å²) in [5.41, 5.74) is 1.24. The fraction of sp³-hybridized carbons (Fsp3) is 0.429. The Hall–Kier alpha value is -1.77. The van der Waals surface area contributed by atoms with E-state index in [4.69, 9.17) is 9.26 Å². The standard InChI is InChI=1S/C14H19N3O4S/c1-4-13-16-14(17-21-13)11-6-5-10(2)12(9-11)22(18,19)15-7-8-20-3/h5-6,9,15H,4,7-8H2,1-3H3. The first-order chi connectivity index (χ1) is 10.5. The van der Waals surface area contributed by atoms with Gasteiger partial charge in [-0.3, -0.25) is 0 Å². The smallest absolute Gasteiger partial charge is 0.240 e. The van der Waals surface area contributed by atoms with Gasteiger partial charge in [-0.2, -0.15) is 4.98 Å². The largest absolute Gasteiger partial charge is 0.383 e. The summed E-state index contributed by atoms with van der Waals surface area (Å²) < 4.78 is 37.1. The second-order valence-corrected chi connectivity index (χ2v) is 6.47. The minimum Gasteiger partial charge on any atom is -0.383 e. The molecule has 0 fully saturated rings. The summed E-state index contributed by atoms with van der Waals surface area (Å²) in [7, 11) is -2.09. The highest BCUT2D eigenvalue weighted by Gasteiger charge is 2.18. The maximum atomic E-state index is 12.3. The zero-order valence-corrected chi connectivity index (χ0v) is 13.6. The van der Waals surface area contributed by atoms with Crippen molar-refractivity contribution in [2.24, 2.45) is 0 Å². The van der Waals surface area contributed by atoms with Crippen LogP contribution in [0.4, 0.5) is 0 Å². The van der Waals surface area contributed by atoms with Crippen LogP contribution < -0.4 is 4.72 Å². The first-order valence-corrected chi connectivity index (χ1v) is 8.38. The third-order valence-corrected chi connectivity index (χ3v) is 4.71. The average Bonchev–Trinajstić information content (AvgIpc) is 2.96. The number of methoxy groups -OCH3 is 1. The van der Waals surface area contributed by atoms with Crippen LogP contribution in [0.1, 0.15) is 18.4 Å². The lowest BCUT2D eigenvalue weighted by Gasteiger charge is -2.10. The first-order valence-electron chi connectivity index (χ1n) is 6.90. The van der Waals surface area contributed by atoms with Crippen molar-refractivity contribution in [2.75, 3.05) is 20.3 Å². The van der Waals surface area contributed by atoms with Crippen LogP contribution in [-0.2, 0) is 21.2 Å². The molecule has 1 aromatic heterocycles. The number of sulfonamides is 1. The Kier molecular flexibility index (Phi) is 5.28. The number of ether oxygens (including phenoxy) is 1. The predicted molar refractivity (Wildman–Crippen MR) is 80.9 cm³/mol. The number of rotatable bonds is 7. The fourth-order valence-electron chi connectivity index (χ4n) is 1.90. The molecule has 120 valence electrons. The van der Waals surface area contributed by atoms with E-state index in [0.717, 1.165) is 0 Å². The molecule has 0 atom stereocenters. The molecule has 0 aliphatic carbocycles. The molecule has 7 nitrogen and oxygen atoms in total. The minimum atomic E-state index is -3.61. The molecule has 0 aliphatic rings. The Bertz CT molecular complexity index is 740. The Morgan fingerprint density at radius 1 is 1.36 bits per heavy atom. The molecule has 1 N–H and O–H groups in total. The maximum Gasteiger partial charge on any atom is 0.240 e. The molecule has 1 heterocycles. The van der Waals surface area contributed by atoms with Gasteiger partial charge in [0.1, 0.15) is 0 Å². The number of aromatic nitrogens is 2. The summed E-state index contributed by atoms with van der Waals surface area (Å²) in [6.45, 7) is 4.16. The molecule has 1 aromatic carbocycles. The third kappa shape index (κ3) is 3.70. The number of hydrogen-bond acceptors (Lipinski definition) is 6. The Balaban J connectivity index is 2.34. The second kappa shape index (κ2) is 6.99. The normalized spacial score (nSPS) is 11.8. The summed E-state index contributed by atoms with van der Waals surface area (Å²) in [5, 5.41) is 3.86. The van der Waals surface area contributed by atoms with Gasteiger partial charge >= 0.3 is 0 Å². The zero-order valence-electron chi connectivity index (χ0n) is 12.8. The number of benzene rings is 1. The van der Waals surface area contributed by atoms with Gasteiger partial charge in [0, 0.05) is 25.6 Å². The molecular weight excluding hydrogens is 306 g/mol. The molecule has 0 spiro atoms. The molecule has 0 radical (unpaired) electrons. The fourth-order valence-corrected chi connectivity index (χ4v) is 3.18. The van der Waals surface area contributed by atoms with Crippen molar-refractivity contribution >= 4 is 10.0 Å². The van der Waals surface area contributed by atoms with Gasteiger partial charge in [-0.25, -0.2) is 13.1 Å². The summed E-state index contributed by atoms with van der Waals surface area (Å²) in [6, 6.07) is 5.05. The van der Waals surface area contributed by atoms with Crippen molar-refractivity contribution in [1.29, 1.82) is 0 Å². The number of nitrogens with zero attached hydrogens (tertiary/aromatic N) is 2. The van der Waals surface area contributed by atoms with Crippen molar-refractivity contribution in [2.45, 2.75) is 25.2 Å². The molecular formula is C14H19N3O4S. The zero-order chi connectivity index (χ0) is 16.2. The summed E-state index contributed by atoms with van der Waals surface area (Å²) in [4.78, 5) is 4.41. The monoisotopic (exact) mass is 325 g/mol. The van der Waals surface area contributed by atoms with Gasteiger partial charge in [0.25, 0.3) is 0 Å². The topological polar surface area (TPSA) is 94.3 Å². The van der Waals surface area contributed by atoms with Crippen LogP contribution in [0, 0.1) is 6.92 Å². The van der Waals surface area contributed by atoms with Crippen LogP contribution in [0.25, 0.3) is 11.4 Å². The van der Waals surface area contributed by atoms with E-state index < -0.39 is 10.0 Å². The van der Waals surface area contributed by atoms with Gasteiger partial charge in [0.2, 0.25) is 21.7 Å². The highest BCUT2D eigenvalue weighted by molar-refractivity contribution is 7.89. The van der Waals surface area contributed by atoms with E-state index in [1.807, 2.05) is 6.92 Å². The molecule has 0 aliphatic heterocycles. The van der Waals surface area contributed by atoms with E-state index in [1.54, 1.807) is 25.1 Å². The number of aryl methyl sites for hydroxylation is 2. The van der Waals surface area contributed by atoms with Crippen molar-refractivity contribution < 1.29 is 17.7 Å². The van der Waals surface area contributed by atoms with E-state index in [9.17, 15) is 8.42 Å². The molecule has 2 rings (SSSR count). The van der Waals surface area contributed by atoms with Gasteiger partial charge in [-0.05, 0) is 18.6 Å². The van der Waals surface area contributed by atoms with Gasteiger partial charge in [0.15, 0.2) is 0 Å². The van der Waals surface area contributed by atoms with Crippen LogP contribution in [0.5, 0.6) is 0 Å². The van der Waals surface area contributed by atoms with Crippen molar-refractivity contribution in [1.82, 2.24) is 14.9 Å². The molecule has 8 heteroatoms. The predicted octanol–water partition coefficient (Wildman–Crippen LogP) is 1.53. The molecule has 0 bridgehead atoms. The average molecular weight is 325 g/mol. The molecule has 0 amide bonds. The molecule has 0 saturated heterocycles. The lowest BCUT2D eigenvalue weighted by molar-refractivity contribution is 0.204. The van der Waals surface area contributed by atoms with Crippen LogP contribution in [0.2, 0.25) is 0 Å². The van der Waals surface area contributed by atoms with E-state index >= 15 is 0 Å². The molecule has 2 aromatic rings. The minimum absolute atomic E-state index is 0.198. The lowest BCUT2D eigenvalue weighted by atomic mass is 10.1. The SMILES string of the molecule is CCc1nc(-c2ccc(C)c(S(=O)(=O)NCCOC)c2)no1. The Morgan fingerprint density at radius 3 is 2.77 bits per heavy atom. The van der Waals surface area contributed by atoms with E-state index in [-0.39, 0.29) is 11.4 Å². The second-order valence-electron chi connectivity index (χ2n) is 4.74. The van der Waals surface area contributed by atoms with Gasteiger partial charge < -0.3 is 9.26 Å². The number of nitrogens with one attached hydrogen (secondary N) is 1. The molecule has 22 heavy (non-hydrogen) atoms. The van der Waals surface area contributed by atoms with Crippen LogP contribution in [0.3, 0.4) is 0 Å². The van der Waals surface area contributed by atoms with Crippen molar-refractivity contribution in [3.8, 4) is 11.4 Å². The van der Waals surface area contributed by atoms with Crippen molar-refractivity contribution in [3.63, 3.8) is 0 Å². The van der Waals surface area contributed by atoms with Gasteiger partial charge in [-0.15, -0.1) is 0 Å². The number of hydrogen-bond donors (Lipinski definition) is 1. The molecule has 0 unspecified atom stereocenters. The van der Waals surface area contributed by atoms with Crippen molar-refractivity contribution in [3.05, 3.63) is 29.7 Å². The van der Waals surface area contributed by atoms with E-state index in [2.05, 4.69) is 14.9 Å². The summed E-state index contributed by atoms with van der Waals surface area (Å²) in [5.74, 6) is 0.892. The lowest BCUT2D eigenvalue weighted by Crippen LogP contribution is -2.27. The van der Waals surface area contributed by atoms with Crippen LogP contribution >= 0.6 is 0 Å². The Labute approximate surface area is 129 Å². The maximum absolute atomic E-state index is 12.3. The van der Waals surface area contributed by atoms with Crippen LogP contribution in [-0.4, -0.2) is 38.8 Å². The highest BCUT2D eigenvalue weighted by atomic mass is 32.2. The van der Waals surface area contributed by atoms with E-state index in [0.29, 0.717) is 35.9 Å². The summed E-state index contributed by atoms with van der Waals surface area (Å²) >= 11 is 0. The van der Waals surface area contributed by atoms with Gasteiger partial charge in [-0.1, -0.05) is 24.2 Å². The quantitative estimate of drug-likeness (QED) is 0.776. The van der Waals surface area contributed by atoms with E-state index in [1.165, 1.54) is 7.11 Å². The molecule has 0 saturated carbocycles. The summed E-state index contributed by atoms with van der Waals surface area (Å²) in [6.07, 6.45) is 0.628. The Morgan fingerprint density at radius 2 is 2.14 bits per heavy atom. The van der Waals surface area contributed by atoms with Gasteiger partial charge in [0.05, 0.1) is 11.5 Å². The highest BCUT2D eigenvalue weighted by Crippen LogP contribution is 2.23. The van der Waals surface area contributed by atoms with Crippen LogP contribution in [0.15, 0.2) is 27.6 Å².